The minimum Gasteiger partial charge on any atom is -0.312 e. The monoisotopic (exact) mass is 275 g/mol. The lowest BCUT2D eigenvalue weighted by Gasteiger charge is -2.18. The number of nitrogens with one attached hydrogen (secondary N) is 1. The summed E-state index contributed by atoms with van der Waals surface area (Å²) in [4.78, 5) is 0. The van der Waals surface area contributed by atoms with Gasteiger partial charge in [-0.3, -0.25) is 0 Å². The molecule has 0 saturated carbocycles. The van der Waals surface area contributed by atoms with E-state index in [0.29, 0.717) is 0 Å². The molecule has 0 atom stereocenters. The van der Waals surface area contributed by atoms with Crippen molar-refractivity contribution in [2.75, 3.05) is 6.54 Å². The molecule has 1 N–H and O–H groups in total. The molecular formula is C18H17N3. The molecule has 0 saturated heterocycles. The summed E-state index contributed by atoms with van der Waals surface area (Å²) in [5.41, 5.74) is 6.49. The zero-order valence-corrected chi connectivity index (χ0v) is 11.8. The molecule has 2 heterocycles. The highest BCUT2D eigenvalue weighted by molar-refractivity contribution is 5.67. The van der Waals surface area contributed by atoms with Crippen LogP contribution in [0.4, 0.5) is 0 Å². The Morgan fingerprint density at radius 2 is 1.90 bits per heavy atom. The average Bonchev–Trinajstić information content (AvgIpc) is 3.09. The number of nitrogens with zero attached hydrogens (tertiary/aromatic N) is 2. The molecule has 1 aliphatic heterocycles. The maximum absolute atomic E-state index is 4.30. The van der Waals surface area contributed by atoms with Gasteiger partial charge in [0.25, 0.3) is 0 Å². The number of hydrogen-bond donors (Lipinski definition) is 1. The predicted octanol–water partition coefficient (Wildman–Crippen LogP) is 3.19. The van der Waals surface area contributed by atoms with Crippen LogP contribution in [-0.4, -0.2) is 16.3 Å². The Morgan fingerprint density at radius 1 is 0.952 bits per heavy atom. The Kier molecular flexibility index (Phi) is 3.05. The van der Waals surface area contributed by atoms with Crippen LogP contribution in [0.2, 0.25) is 0 Å². The number of rotatable bonds is 2. The second kappa shape index (κ2) is 5.19. The molecule has 21 heavy (non-hydrogen) atoms. The average molecular weight is 275 g/mol. The summed E-state index contributed by atoms with van der Waals surface area (Å²) >= 11 is 0. The van der Waals surface area contributed by atoms with E-state index in [1.54, 1.807) is 6.20 Å². The van der Waals surface area contributed by atoms with E-state index in [1.165, 1.54) is 22.3 Å². The van der Waals surface area contributed by atoms with Crippen molar-refractivity contribution in [3.8, 4) is 16.8 Å². The molecular weight excluding hydrogens is 258 g/mol. The van der Waals surface area contributed by atoms with Crippen LogP contribution in [-0.2, 0) is 13.0 Å². The van der Waals surface area contributed by atoms with Crippen molar-refractivity contribution in [1.82, 2.24) is 15.1 Å². The van der Waals surface area contributed by atoms with E-state index < -0.39 is 0 Å². The fraction of sp³-hybridized carbons (Fsp3) is 0.167. The number of benzene rings is 2. The third-order valence-electron chi connectivity index (χ3n) is 4.04. The van der Waals surface area contributed by atoms with Gasteiger partial charge in [0, 0.05) is 18.9 Å². The predicted molar refractivity (Wildman–Crippen MR) is 84.4 cm³/mol. The van der Waals surface area contributed by atoms with Gasteiger partial charge in [-0.1, -0.05) is 24.3 Å². The maximum atomic E-state index is 4.30. The summed E-state index contributed by atoms with van der Waals surface area (Å²) in [6, 6.07) is 17.3. The molecule has 104 valence electrons. The fourth-order valence-electron chi connectivity index (χ4n) is 2.91. The molecule has 0 radical (unpaired) electrons. The van der Waals surface area contributed by atoms with E-state index in [4.69, 9.17) is 0 Å². The minimum atomic E-state index is 0.974. The highest BCUT2D eigenvalue weighted by Gasteiger charge is 2.10. The van der Waals surface area contributed by atoms with Gasteiger partial charge in [-0.15, -0.1) is 0 Å². The Morgan fingerprint density at radius 3 is 2.81 bits per heavy atom. The molecule has 0 fully saturated rings. The van der Waals surface area contributed by atoms with Gasteiger partial charge >= 0.3 is 0 Å². The van der Waals surface area contributed by atoms with Gasteiger partial charge in [0.2, 0.25) is 0 Å². The molecule has 0 bridgehead atoms. The lowest BCUT2D eigenvalue weighted by Crippen LogP contribution is -2.23. The molecule has 3 aromatic rings. The van der Waals surface area contributed by atoms with Gasteiger partial charge < -0.3 is 5.32 Å². The summed E-state index contributed by atoms with van der Waals surface area (Å²) in [7, 11) is 0. The third kappa shape index (κ3) is 2.36. The van der Waals surface area contributed by atoms with Gasteiger partial charge in [-0.25, -0.2) is 4.68 Å². The normalized spacial score (nSPS) is 13.9. The molecule has 1 aliphatic rings. The van der Waals surface area contributed by atoms with E-state index >= 15 is 0 Å². The van der Waals surface area contributed by atoms with Crippen molar-refractivity contribution >= 4 is 0 Å². The van der Waals surface area contributed by atoms with E-state index in [1.807, 2.05) is 16.9 Å². The Labute approximate surface area is 124 Å². The Hall–Kier alpha value is -2.39. The van der Waals surface area contributed by atoms with Crippen molar-refractivity contribution in [1.29, 1.82) is 0 Å². The van der Waals surface area contributed by atoms with Crippen LogP contribution in [0.1, 0.15) is 11.1 Å². The maximum Gasteiger partial charge on any atom is 0.0651 e. The van der Waals surface area contributed by atoms with Crippen molar-refractivity contribution < 1.29 is 0 Å². The minimum absolute atomic E-state index is 0.974. The van der Waals surface area contributed by atoms with Crippen LogP contribution in [0.15, 0.2) is 60.9 Å². The van der Waals surface area contributed by atoms with Crippen LogP contribution in [0, 0.1) is 0 Å². The molecule has 1 aromatic heterocycles. The van der Waals surface area contributed by atoms with Gasteiger partial charge in [0.15, 0.2) is 0 Å². The highest BCUT2D eigenvalue weighted by Crippen LogP contribution is 2.25. The molecule has 3 nitrogen and oxygen atoms in total. The molecule has 2 aromatic carbocycles. The summed E-state index contributed by atoms with van der Waals surface area (Å²) in [5, 5.41) is 7.74. The zero-order valence-electron chi connectivity index (χ0n) is 11.8. The largest absolute Gasteiger partial charge is 0.312 e. The van der Waals surface area contributed by atoms with E-state index in [2.05, 4.69) is 52.9 Å². The van der Waals surface area contributed by atoms with Crippen LogP contribution in [0.5, 0.6) is 0 Å². The second-order valence-electron chi connectivity index (χ2n) is 5.41. The summed E-state index contributed by atoms with van der Waals surface area (Å²) < 4.78 is 1.89. The Bertz CT molecular complexity index is 760. The van der Waals surface area contributed by atoms with Crippen LogP contribution in [0.3, 0.4) is 0 Å². The van der Waals surface area contributed by atoms with Crippen molar-refractivity contribution in [2.24, 2.45) is 0 Å². The van der Waals surface area contributed by atoms with Gasteiger partial charge in [-0.05, 0) is 59.5 Å². The second-order valence-corrected chi connectivity index (χ2v) is 5.41. The lowest BCUT2D eigenvalue weighted by molar-refractivity contribution is 0.644. The van der Waals surface area contributed by atoms with Crippen LogP contribution in [0.25, 0.3) is 16.8 Å². The summed E-state index contributed by atoms with van der Waals surface area (Å²) in [6.07, 6.45) is 4.90. The van der Waals surface area contributed by atoms with E-state index in [0.717, 1.165) is 25.2 Å². The van der Waals surface area contributed by atoms with Crippen molar-refractivity contribution in [3.63, 3.8) is 0 Å². The van der Waals surface area contributed by atoms with Crippen molar-refractivity contribution in [2.45, 2.75) is 13.0 Å². The zero-order chi connectivity index (χ0) is 14.1. The molecule has 0 aliphatic carbocycles. The number of fused-ring (bicyclic) bond motifs is 1. The Balaban J connectivity index is 1.75. The smallest absolute Gasteiger partial charge is 0.0651 e. The molecule has 3 heteroatoms. The standard InChI is InChI=1S/C18H17N3/c1-3-15(12-18(4-1)21-10-2-8-20-21)16-6-5-14-7-9-19-13-17(14)11-16/h1-6,8,10-12,19H,7,9,13H2. The first-order chi connectivity index (χ1) is 10.4. The first kappa shape index (κ1) is 12.4. The molecule has 0 unspecified atom stereocenters. The quantitative estimate of drug-likeness (QED) is 0.778. The first-order valence-corrected chi connectivity index (χ1v) is 7.33. The number of aromatic nitrogens is 2. The van der Waals surface area contributed by atoms with E-state index in [-0.39, 0.29) is 0 Å². The lowest BCUT2D eigenvalue weighted by atomic mass is 9.95. The van der Waals surface area contributed by atoms with Crippen molar-refractivity contribution in [3.05, 3.63) is 72.1 Å². The molecule has 4 rings (SSSR count). The SMILES string of the molecule is c1cc(-c2ccc3c(c2)CNCC3)cc(-n2cccn2)c1. The van der Waals surface area contributed by atoms with Gasteiger partial charge in [0.1, 0.15) is 0 Å². The van der Waals surface area contributed by atoms with Crippen LogP contribution >= 0.6 is 0 Å². The molecule has 0 amide bonds. The summed E-state index contributed by atoms with van der Waals surface area (Å²) in [6.45, 7) is 2.06. The van der Waals surface area contributed by atoms with Crippen LogP contribution < -0.4 is 5.32 Å². The highest BCUT2D eigenvalue weighted by atomic mass is 15.3. The molecule has 0 spiro atoms. The van der Waals surface area contributed by atoms with Gasteiger partial charge in [-0.2, -0.15) is 5.10 Å². The first-order valence-electron chi connectivity index (χ1n) is 7.33. The fourth-order valence-corrected chi connectivity index (χ4v) is 2.91. The van der Waals surface area contributed by atoms with Gasteiger partial charge in [0.05, 0.1) is 5.69 Å². The topological polar surface area (TPSA) is 29.9 Å². The van der Waals surface area contributed by atoms with E-state index in [9.17, 15) is 0 Å². The number of hydrogen-bond acceptors (Lipinski definition) is 2. The summed E-state index contributed by atoms with van der Waals surface area (Å²) in [5.74, 6) is 0. The third-order valence-corrected chi connectivity index (χ3v) is 4.04.